The predicted molar refractivity (Wildman–Crippen MR) is 75.1 cm³/mol. The van der Waals surface area contributed by atoms with E-state index in [9.17, 15) is 4.79 Å². The zero-order valence-electron chi connectivity index (χ0n) is 10.5. The molecule has 0 radical (unpaired) electrons. The van der Waals surface area contributed by atoms with Gasteiger partial charge in [0, 0.05) is 23.9 Å². The third kappa shape index (κ3) is 2.24. The number of halogens is 1. The Labute approximate surface area is 117 Å². The van der Waals surface area contributed by atoms with Crippen molar-refractivity contribution >= 4 is 17.6 Å². The van der Waals surface area contributed by atoms with Gasteiger partial charge in [-0.25, -0.2) is 0 Å². The summed E-state index contributed by atoms with van der Waals surface area (Å²) in [7, 11) is 0. The van der Waals surface area contributed by atoms with Gasteiger partial charge in [-0.3, -0.25) is 4.79 Å². The van der Waals surface area contributed by atoms with Gasteiger partial charge in [-0.15, -0.1) is 0 Å². The highest BCUT2D eigenvalue weighted by Gasteiger charge is 2.26. The molecule has 2 aromatic rings. The van der Waals surface area contributed by atoms with Crippen LogP contribution in [0, 0.1) is 0 Å². The molecule has 0 heterocycles. The van der Waals surface area contributed by atoms with Gasteiger partial charge in [0.1, 0.15) is 6.10 Å². The Morgan fingerprint density at radius 2 is 2.00 bits per heavy atom. The molecule has 3 heteroatoms. The molecule has 0 N–H and O–H groups in total. The van der Waals surface area contributed by atoms with Crippen LogP contribution in [0.3, 0.4) is 0 Å². The van der Waals surface area contributed by atoms with Crippen LogP contribution in [0.1, 0.15) is 24.2 Å². The van der Waals surface area contributed by atoms with Crippen molar-refractivity contribution in [2.24, 2.45) is 0 Å². The number of carbonyl (C=O) groups excluding carboxylic acids is 1. The van der Waals surface area contributed by atoms with E-state index in [1.165, 1.54) is 18.1 Å². The van der Waals surface area contributed by atoms with Gasteiger partial charge >= 0.3 is 5.97 Å². The van der Waals surface area contributed by atoms with E-state index in [-0.39, 0.29) is 12.1 Å². The number of hydrogen-bond donors (Lipinski definition) is 0. The summed E-state index contributed by atoms with van der Waals surface area (Å²) in [6, 6.07) is 13.9. The molecular weight excluding hydrogens is 260 g/mol. The first kappa shape index (κ1) is 12.2. The molecule has 2 nitrogen and oxygen atoms in total. The molecule has 1 unspecified atom stereocenters. The first-order valence-electron chi connectivity index (χ1n) is 6.20. The highest BCUT2D eigenvalue weighted by atomic mass is 35.5. The van der Waals surface area contributed by atoms with Crippen LogP contribution in [0.5, 0.6) is 0 Å². The van der Waals surface area contributed by atoms with E-state index in [2.05, 4.69) is 12.1 Å². The molecule has 3 rings (SSSR count). The van der Waals surface area contributed by atoms with Gasteiger partial charge in [0.2, 0.25) is 0 Å². The summed E-state index contributed by atoms with van der Waals surface area (Å²) in [5.74, 6) is -0.259. The number of ether oxygens (including phenoxy) is 1. The van der Waals surface area contributed by atoms with Crippen LogP contribution in [-0.4, -0.2) is 5.97 Å². The van der Waals surface area contributed by atoms with Crippen LogP contribution in [0.2, 0.25) is 5.02 Å². The van der Waals surface area contributed by atoms with Crippen LogP contribution in [0.4, 0.5) is 0 Å². The second kappa shape index (κ2) is 4.71. The minimum absolute atomic E-state index is 0.223. The van der Waals surface area contributed by atoms with Crippen molar-refractivity contribution in [1.82, 2.24) is 0 Å². The molecule has 0 saturated carbocycles. The lowest BCUT2D eigenvalue weighted by atomic mass is 9.84. The van der Waals surface area contributed by atoms with Gasteiger partial charge in [-0.05, 0) is 28.8 Å². The van der Waals surface area contributed by atoms with Crippen molar-refractivity contribution in [1.29, 1.82) is 0 Å². The Morgan fingerprint density at radius 3 is 2.79 bits per heavy atom. The Kier molecular flexibility index (Phi) is 3.03. The molecular formula is C16H13ClO2. The summed E-state index contributed by atoms with van der Waals surface area (Å²) in [6.07, 6.45) is 0.490. The number of hydrogen-bond acceptors (Lipinski definition) is 2. The van der Waals surface area contributed by atoms with Crippen molar-refractivity contribution in [2.75, 3.05) is 0 Å². The lowest BCUT2D eigenvalue weighted by molar-refractivity contribution is -0.146. The van der Waals surface area contributed by atoms with Crippen LogP contribution >= 0.6 is 11.6 Å². The highest BCUT2D eigenvalue weighted by molar-refractivity contribution is 6.30. The zero-order chi connectivity index (χ0) is 13.4. The average Bonchev–Trinajstić information content (AvgIpc) is 2.38. The molecule has 2 aromatic carbocycles. The molecule has 1 atom stereocenters. The topological polar surface area (TPSA) is 26.3 Å². The fourth-order valence-electron chi connectivity index (χ4n) is 2.62. The lowest BCUT2D eigenvalue weighted by Crippen LogP contribution is -2.16. The molecule has 96 valence electrons. The molecule has 0 amide bonds. The van der Waals surface area contributed by atoms with Crippen molar-refractivity contribution in [3.8, 4) is 11.1 Å². The first-order chi connectivity index (χ1) is 9.15. The quantitative estimate of drug-likeness (QED) is 0.729. The normalized spacial score (nSPS) is 16.4. The second-order valence-electron chi connectivity index (χ2n) is 4.69. The van der Waals surface area contributed by atoms with Crippen molar-refractivity contribution in [3.05, 3.63) is 58.6 Å². The highest BCUT2D eigenvalue weighted by Crippen LogP contribution is 2.41. The largest absolute Gasteiger partial charge is 0.457 e. The lowest BCUT2D eigenvalue weighted by Gasteiger charge is -2.27. The van der Waals surface area contributed by atoms with E-state index in [0.717, 1.165) is 11.1 Å². The maximum Gasteiger partial charge on any atom is 0.303 e. The molecule has 19 heavy (non-hydrogen) atoms. The molecule has 0 aliphatic heterocycles. The maximum atomic E-state index is 11.3. The monoisotopic (exact) mass is 272 g/mol. The van der Waals surface area contributed by atoms with Crippen molar-refractivity contribution in [2.45, 2.75) is 19.4 Å². The second-order valence-corrected chi connectivity index (χ2v) is 5.13. The SMILES string of the molecule is CC(=O)OC1Cc2ccccc2-c2cc(Cl)ccc21. The molecule has 0 spiro atoms. The summed E-state index contributed by atoms with van der Waals surface area (Å²) in [4.78, 5) is 11.3. The molecule has 0 aromatic heterocycles. The third-order valence-electron chi connectivity index (χ3n) is 3.38. The Morgan fingerprint density at radius 1 is 1.21 bits per heavy atom. The molecule has 0 bridgehead atoms. The van der Waals surface area contributed by atoms with Crippen LogP contribution in [0.25, 0.3) is 11.1 Å². The van der Waals surface area contributed by atoms with Gasteiger partial charge in [-0.1, -0.05) is 41.9 Å². The smallest absolute Gasteiger partial charge is 0.303 e. The predicted octanol–water partition coefficient (Wildman–Crippen LogP) is 4.17. The third-order valence-corrected chi connectivity index (χ3v) is 3.62. The zero-order valence-corrected chi connectivity index (χ0v) is 11.3. The Balaban J connectivity index is 2.16. The summed E-state index contributed by atoms with van der Waals surface area (Å²) < 4.78 is 5.43. The van der Waals surface area contributed by atoms with Gasteiger partial charge < -0.3 is 4.74 Å². The van der Waals surface area contributed by atoms with Crippen LogP contribution in [0.15, 0.2) is 42.5 Å². The van der Waals surface area contributed by atoms with E-state index in [0.29, 0.717) is 11.4 Å². The molecule has 1 aliphatic carbocycles. The van der Waals surface area contributed by atoms with E-state index in [1.807, 2.05) is 30.3 Å². The average molecular weight is 273 g/mol. The number of benzene rings is 2. The standard InChI is InChI=1S/C16H13ClO2/c1-10(18)19-16-8-11-4-2-3-5-13(11)15-9-12(17)6-7-14(15)16/h2-7,9,16H,8H2,1H3. The number of carbonyl (C=O) groups is 1. The first-order valence-corrected chi connectivity index (χ1v) is 6.58. The number of fused-ring (bicyclic) bond motifs is 3. The van der Waals surface area contributed by atoms with E-state index in [4.69, 9.17) is 16.3 Å². The molecule has 1 aliphatic rings. The summed E-state index contributed by atoms with van der Waals surface area (Å²) >= 11 is 6.09. The van der Waals surface area contributed by atoms with Gasteiger partial charge in [0.15, 0.2) is 0 Å². The Bertz CT molecular complexity index is 649. The minimum atomic E-state index is -0.259. The van der Waals surface area contributed by atoms with Crippen molar-refractivity contribution < 1.29 is 9.53 Å². The number of rotatable bonds is 1. The summed E-state index contributed by atoms with van der Waals surface area (Å²) in [5, 5.41) is 0.692. The van der Waals surface area contributed by atoms with Gasteiger partial charge in [0.05, 0.1) is 0 Å². The van der Waals surface area contributed by atoms with Crippen molar-refractivity contribution in [3.63, 3.8) is 0 Å². The van der Waals surface area contributed by atoms with E-state index in [1.54, 1.807) is 0 Å². The maximum absolute atomic E-state index is 11.3. The minimum Gasteiger partial charge on any atom is -0.457 e. The van der Waals surface area contributed by atoms with Crippen LogP contribution in [-0.2, 0) is 16.0 Å². The summed E-state index contributed by atoms with van der Waals surface area (Å²) in [5.41, 5.74) is 4.44. The van der Waals surface area contributed by atoms with E-state index >= 15 is 0 Å². The fraction of sp³-hybridized carbons (Fsp3) is 0.188. The van der Waals surface area contributed by atoms with Gasteiger partial charge in [-0.2, -0.15) is 0 Å². The van der Waals surface area contributed by atoms with Crippen LogP contribution < -0.4 is 0 Å². The van der Waals surface area contributed by atoms with Gasteiger partial charge in [0.25, 0.3) is 0 Å². The van der Waals surface area contributed by atoms with E-state index < -0.39 is 0 Å². The molecule has 0 saturated heterocycles. The Hall–Kier alpha value is -1.80. The number of esters is 1. The molecule has 0 fully saturated rings. The fourth-order valence-corrected chi connectivity index (χ4v) is 2.79. The summed E-state index contributed by atoms with van der Waals surface area (Å²) in [6.45, 7) is 1.44.